The van der Waals surface area contributed by atoms with Crippen molar-refractivity contribution in [1.29, 1.82) is 0 Å². The Morgan fingerprint density at radius 3 is 3.17 bits per heavy atom. The van der Waals surface area contributed by atoms with Crippen LogP contribution in [0.3, 0.4) is 0 Å². The standard InChI is InChI=1S/C9H10NO2/c11-6-7-3-4-8-9(12)2-1-5-10(7)8/h3-4,6,8H,1-2,5H2. The van der Waals surface area contributed by atoms with Crippen LogP contribution in [0.15, 0.2) is 24.1 Å². The summed E-state index contributed by atoms with van der Waals surface area (Å²) in [5, 5.41) is 10.5. The molecule has 0 aromatic rings. The van der Waals surface area contributed by atoms with Crippen LogP contribution in [0.2, 0.25) is 0 Å². The molecular weight excluding hydrogens is 154 g/mol. The van der Waals surface area contributed by atoms with Crippen LogP contribution in [-0.4, -0.2) is 23.3 Å². The van der Waals surface area contributed by atoms with Gasteiger partial charge < -0.3 is 4.90 Å². The van der Waals surface area contributed by atoms with E-state index in [1.165, 1.54) is 0 Å². The number of Topliss-reactive ketones (excluding diaryl/α,β-unsaturated/α-hetero) is 1. The second kappa shape index (κ2) is 2.66. The Balaban J connectivity index is 2.25. The molecule has 0 aliphatic carbocycles. The zero-order chi connectivity index (χ0) is 8.55. The third-order valence-corrected chi connectivity index (χ3v) is 2.39. The van der Waals surface area contributed by atoms with Crippen LogP contribution >= 0.6 is 0 Å². The van der Waals surface area contributed by atoms with E-state index >= 15 is 0 Å². The van der Waals surface area contributed by atoms with E-state index in [9.17, 15) is 9.90 Å². The van der Waals surface area contributed by atoms with Gasteiger partial charge in [0, 0.05) is 13.0 Å². The molecule has 0 saturated carbocycles. The minimum Gasteiger partial charge on any atom is -0.355 e. The molecule has 2 aliphatic rings. The smallest absolute Gasteiger partial charge is 0.166 e. The average molecular weight is 164 g/mol. The third kappa shape index (κ3) is 0.932. The number of rotatable bonds is 0. The maximum atomic E-state index is 11.3. The molecule has 1 atom stereocenters. The summed E-state index contributed by atoms with van der Waals surface area (Å²) in [5.41, 5.74) is 0.646. The van der Waals surface area contributed by atoms with Gasteiger partial charge >= 0.3 is 0 Å². The van der Waals surface area contributed by atoms with Crippen LogP contribution < -0.4 is 0 Å². The van der Waals surface area contributed by atoms with E-state index in [0.29, 0.717) is 12.1 Å². The molecule has 0 N–H and O–H groups in total. The highest BCUT2D eigenvalue weighted by Gasteiger charge is 2.31. The first kappa shape index (κ1) is 7.40. The fraction of sp³-hybridized carbons (Fsp3) is 0.444. The number of nitrogens with zero attached hydrogens (tertiary/aromatic N) is 1. The highest BCUT2D eigenvalue weighted by atomic mass is 16.2. The molecule has 12 heavy (non-hydrogen) atoms. The van der Waals surface area contributed by atoms with Gasteiger partial charge in [-0.3, -0.25) is 9.90 Å². The lowest BCUT2D eigenvalue weighted by Gasteiger charge is -2.30. The minimum absolute atomic E-state index is 0.140. The van der Waals surface area contributed by atoms with Crippen molar-refractivity contribution in [3.8, 4) is 0 Å². The fourth-order valence-electron chi connectivity index (χ4n) is 1.78. The Morgan fingerprint density at radius 2 is 2.42 bits per heavy atom. The molecule has 0 bridgehead atoms. The summed E-state index contributed by atoms with van der Waals surface area (Å²) in [4.78, 5) is 13.2. The van der Waals surface area contributed by atoms with Gasteiger partial charge in [0.15, 0.2) is 12.0 Å². The quantitative estimate of drug-likeness (QED) is 0.498. The predicted octanol–water partition coefficient (Wildman–Crippen LogP) is 0.862. The molecule has 1 fully saturated rings. The highest BCUT2D eigenvalue weighted by Crippen LogP contribution is 2.25. The normalized spacial score (nSPS) is 31.3. The maximum Gasteiger partial charge on any atom is 0.166 e. The van der Waals surface area contributed by atoms with Crippen molar-refractivity contribution >= 4 is 5.78 Å². The summed E-state index contributed by atoms with van der Waals surface area (Å²) in [6, 6.07) is -0.140. The fourth-order valence-corrected chi connectivity index (χ4v) is 1.78. The first-order valence-corrected chi connectivity index (χ1v) is 4.12. The Morgan fingerprint density at radius 1 is 1.58 bits per heavy atom. The molecule has 0 spiro atoms. The number of allylic oxidation sites excluding steroid dienone is 1. The van der Waals surface area contributed by atoms with Crippen LogP contribution in [-0.2, 0) is 9.90 Å². The van der Waals surface area contributed by atoms with E-state index < -0.39 is 0 Å². The van der Waals surface area contributed by atoms with E-state index in [1.807, 2.05) is 11.0 Å². The molecule has 2 rings (SSSR count). The summed E-state index contributed by atoms with van der Waals surface area (Å²) in [6.07, 6.45) is 5.88. The van der Waals surface area contributed by atoms with Gasteiger partial charge in [-0.15, -0.1) is 0 Å². The molecule has 2 aliphatic heterocycles. The van der Waals surface area contributed by atoms with Crippen molar-refractivity contribution in [3.05, 3.63) is 24.1 Å². The van der Waals surface area contributed by atoms with Gasteiger partial charge in [-0.1, -0.05) is 6.08 Å². The maximum absolute atomic E-state index is 11.3. The summed E-state index contributed by atoms with van der Waals surface area (Å²) < 4.78 is 0. The van der Waals surface area contributed by atoms with Crippen LogP contribution in [0.4, 0.5) is 0 Å². The van der Waals surface area contributed by atoms with Crippen molar-refractivity contribution in [2.24, 2.45) is 0 Å². The second-order valence-electron chi connectivity index (χ2n) is 3.11. The number of hydrogen-bond acceptors (Lipinski definition) is 2. The number of piperidine rings is 1. The number of ketones is 1. The van der Waals surface area contributed by atoms with Gasteiger partial charge in [0.25, 0.3) is 0 Å². The van der Waals surface area contributed by atoms with Crippen LogP contribution in [0.25, 0.3) is 0 Å². The van der Waals surface area contributed by atoms with Gasteiger partial charge in [0.05, 0.1) is 5.70 Å². The van der Waals surface area contributed by atoms with E-state index in [1.54, 1.807) is 6.08 Å². The molecule has 1 saturated heterocycles. The highest BCUT2D eigenvalue weighted by molar-refractivity contribution is 5.87. The van der Waals surface area contributed by atoms with E-state index in [0.717, 1.165) is 19.2 Å². The van der Waals surface area contributed by atoms with Crippen LogP contribution in [0.5, 0.6) is 0 Å². The average Bonchev–Trinajstić information content (AvgIpc) is 2.49. The molecule has 3 nitrogen and oxygen atoms in total. The first-order chi connectivity index (χ1) is 5.83. The molecule has 0 aromatic heterocycles. The zero-order valence-electron chi connectivity index (χ0n) is 6.69. The molecule has 0 amide bonds. The van der Waals surface area contributed by atoms with E-state index in [-0.39, 0.29) is 11.8 Å². The van der Waals surface area contributed by atoms with Crippen LogP contribution in [0, 0.1) is 0 Å². The first-order valence-electron chi connectivity index (χ1n) is 4.12. The Kier molecular flexibility index (Phi) is 1.64. The lowest BCUT2D eigenvalue weighted by molar-refractivity contribution is -0.123. The molecule has 63 valence electrons. The molecule has 2 heterocycles. The molecule has 0 aromatic carbocycles. The van der Waals surface area contributed by atoms with Gasteiger partial charge in [0.2, 0.25) is 0 Å². The van der Waals surface area contributed by atoms with Crippen molar-refractivity contribution in [2.45, 2.75) is 18.9 Å². The van der Waals surface area contributed by atoms with Crippen molar-refractivity contribution in [2.75, 3.05) is 6.54 Å². The second-order valence-corrected chi connectivity index (χ2v) is 3.11. The summed E-state index contributed by atoms with van der Waals surface area (Å²) in [5.74, 6) is 0.231. The topological polar surface area (TPSA) is 40.2 Å². The molecule has 3 heteroatoms. The number of carbonyl (C=O) groups is 1. The van der Waals surface area contributed by atoms with E-state index in [4.69, 9.17) is 0 Å². The minimum atomic E-state index is -0.140. The Hall–Kier alpha value is -1.25. The lowest BCUT2D eigenvalue weighted by Crippen LogP contribution is -2.40. The van der Waals surface area contributed by atoms with Gasteiger partial charge in [-0.25, -0.2) is 0 Å². The predicted molar refractivity (Wildman–Crippen MR) is 42.6 cm³/mol. The van der Waals surface area contributed by atoms with Crippen LogP contribution in [0.1, 0.15) is 12.8 Å². The molecule has 1 radical (unpaired) electrons. The number of fused-ring (bicyclic) bond motifs is 1. The number of hydrogen-bond donors (Lipinski definition) is 0. The number of carbonyl (C=O) groups excluding carboxylic acids is 1. The lowest BCUT2D eigenvalue weighted by atomic mass is 10.0. The monoisotopic (exact) mass is 164 g/mol. The van der Waals surface area contributed by atoms with Crippen molar-refractivity contribution < 1.29 is 9.90 Å². The summed E-state index contributed by atoms with van der Waals surface area (Å²) >= 11 is 0. The summed E-state index contributed by atoms with van der Waals surface area (Å²) in [6.45, 7) is 0.831. The molecule has 1 unspecified atom stereocenters. The Labute approximate surface area is 71.0 Å². The zero-order valence-corrected chi connectivity index (χ0v) is 6.69. The largest absolute Gasteiger partial charge is 0.355 e. The summed E-state index contributed by atoms with van der Waals surface area (Å²) in [7, 11) is 0. The SMILES string of the molecule is [O]C=C1C=CC2C(=O)CCCN12. The van der Waals surface area contributed by atoms with Crippen molar-refractivity contribution in [3.63, 3.8) is 0 Å². The van der Waals surface area contributed by atoms with Gasteiger partial charge in [-0.2, -0.15) is 0 Å². The van der Waals surface area contributed by atoms with Gasteiger partial charge in [-0.05, 0) is 12.5 Å². The Bertz CT molecular complexity index is 268. The molecular formula is C9H10NO2. The van der Waals surface area contributed by atoms with E-state index in [2.05, 4.69) is 0 Å². The van der Waals surface area contributed by atoms with Gasteiger partial charge in [0.1, 0.15) is 6.04 Å². The third-order valence-electron chi connectivity index (χ3n) is 2.39. The van der Waals surface area contributed by atoms with Crippen molar-refractivity contribution in [1.82, 2.24) is 4.90 Å².